The molecule has 3 aliphatic rings. The smallest absolute Gasteiger partial charge is 0.306 e. The number of amidine groups is 1. The summed E-state index contributed by atoms with van der Waals surface area (Å²) < 4.78 is 0. The summed E-state index contributed by atoms with van der Waals surface area (Å²) in [5.41, 5.74) is 0.377. The molecule has 1 aliphatic carbocycles. The summed E-state index contributed by atoms with van der Waals surface area (Å²) in [4.78, 5) is 27.7. The summed E-state index contributed by atoms with van der Waals surface area (Å²) in [5, 5.41) is 15.1. The predicted molar refractivity (Wildman–Crippen MR) is 54.2 cm³/mol. The van der Waals surface area contributed by atoms with Gasteiger partial charge in [0, 0.05) is 0 Å². The van der Waals surface area contributed by atoms with Crippen molar-refractivity contribution in [2.45, 2.75) is 12.8 Å². The molecule has 0 unspecified atom stereocenters. The number of hydrogen-bond acceptors (Lipinski definition) is 5. The van der Waals surface area contributed by atoms with Crippen molar-refractivity contribution in [1.29, 1.82) is 0 Å². The molecule has 1 N–H and O–H groups in total. The third kappa shape index (κ3) is 2.25. The van der Waals surface area contributed by atoms with Crippen LogP contribution < -0.4 is 0 Å². The van der Waals surface area contributed by atoms with Gasteiger partial charge in [0.1, 0.15) is 11.9 Å². The average Bonchev–Trinajstić information content (AvgIpc) is 2.99. The maximum atomic E-state index is 10.8. The van der Waals surface area contributed by atoms with Crippen molar-refractivity contribution in [1.82, 2.24) is 0 Å². The molecular formula is C9H8N4O3. The molecule has 0 radical (unpaired) electrons. The lowest BCUT2D eigenvalue weighted by Crippen LogP contribution is -2.10. The number of carboxylic acid groups (broad SMARTS) is 1. The average molecular weight is 220 g/mol. The fourth-order valence-corrected chi connectivity index (χ4v) is 1.03. The van der Waals surface area contributed by atoms with Crippen LogP contribution in [-0.2, 0) is 9.59 Å². The summed E-state index contributed by atoms with van der Waals surface area (Å²) in [5.74, 6) is -0.574. The van der Waals surface area contributed by atoms with Gasteiger partial charge in [0.05, 0.1) is 12.1 Å². The molecule has 2 aliphatic heterocycles. The first kappa shape index (κ1) is 10.3. The number of carbonyl (C=O) groups excluding carboxylic acids is 1. The van der Waals surface area contributed by atoms with Gasteiger partial charge in [0.25, 0.3) is 5.91 Å². The quantitative estimate of drug-likeness (QED) is 0.705. The van der Waals surface area contributed by atoms with Gasteiger partial charge in [0.15, 0.2) is 5.84 Å². The lowest BCUT2D eigenvalue weighted by atomic mass is 10.2. The number of aliphatic carboxylic acids is 1. The summed E-state index contributed by atoms with van der Waals surface area (Å²) in [6.45, 7) is 0. The van der Waals surface area contributed by atoms with Crippen LogP contribution in [0, 0.1) is 5.92 Å². The number of nitrogens with zero attached hydrogens (tertiary/aromatic N) is 4. The van der Waals surface area contributed by atoms with Crippen LogP contribution in [0.2, 0.25) is 0 Å². The molecule has 3 rings (SSSR count). The lowest BCUT2D eigenvalue weighted by molar-refractivity contribution is -0.138. The molecule has 0 spiro atoms. The number of azo groups is 1. The van der Waals surface area contributed by atoms with E-state index < -0.39 is 5.97 Å². The SMILES string of the molecule is O=C(O)C1CC1.O=C1N=CN=C2N=NC=C12. The Morgan fingerprint density at radius 1 is 1.44 bits per heavy atom. The van der Waals surface area contributed by atoms with Crippen LogP contribution in [0.4, 0.5) is 0 Å². The first-order valence-corrected chi connectivity index (χ1v) is 4.67. The summed E-state index contributed by atoms with van der Waals surface area (Å²) >= 11 is 0. The van der Waals surface area contributed by atoms with Gasteiger partial charge in [-0.05, 0) is 12.8 Å². The van der Waals surface area contributed by atoms with E-state index in [1.54, 1.807) is 0 Å². The predicted octanol–water partition coefficient (Wildman–Crippen LogP) is 0.784. The molecule has 0 aromatic carbocycles. The minimum atomic E-state index is -0.630. The van der Waals surface area contributed by atoms with Gasteiger partial charge in [-0.3, -0.25) is 9.59 Å². The number of fused-ring (bicyclic) bond motifs is 1. The standard InChI is InChI=1S/C5H2N4O.C4H6O2/c10-5-3-1-8-9-4(3)6-2-7-5;5-4(6)3-1-2-3/h1-2H;3H,1-2H2,(H,5,6). The van der Waals surface area contributed by atoms with Crippen LogP contribution in [-0.4, -0.2) is 29.2 Å². The number of aliphatic imine (C=N–C) groups is 2. The molecule has 0 aromatic rings. The van der Waals surface area contributed by atoms with Gasteiger partial charge < -0.3 is 5.11 Å². The van der Waals surface area contributed by atoms with Crippen LogP contribution in [0.25, 0.3) is 0 Å². The number of amides is 1. The number of carbonyl (C=O) groups is 2. The highest BCUT2D eigenvalue weighted by molar-refractivity contribution is 6.26. The Hall–Kier alpha value is -2.18. The molecule has 7 nitrogen and oxygen atoms in total. The van der Waals surface area contributed by atoms with Gasteiger partial charge >= 0.3 is 5.97 Å². The number of hydrogen-bond donors (Lipinski definition) is 1. The molecule has 0 aromatic heterocycles. The Morgan fingerprint density at radius 2 is 2.19 bits per heavy atom. The van der Waals surface area contributed by atoms with Crippen molar-refractivity contribution in [3.8, 4) is 0 Å². The first-order chi connectivity index (χ1) is 7.68. The molecule has 82 valence electrons. The largest absolute Gasteiger partial charge is 0.481 e. The topological polar surface area (TPSA) is 104 Å². The van der Waals surface area contributed by atoms with Crippen LogP contribution in [0.15, 0.2) is 32.0 Å². The normalized spacial score (nSPS) is 20.6. The fraction of sp³-hybridized carbons (Fsp3) is 0.333. The molecular weight excluding hydrogens is 212 g/mol. The van der Waals surface area contributed by atoms with E-state index in [1.807, 2.05) is 0 Å². The Labute approximate surface area is 90.3 Å². The van der Waals surface area contributed by atoms with E-state index in [9.17, 15) is 9.59 Å². The molecule has 1 saturated carbocycles. The van der Waals surface area contributed by atoms with Crippen molar-refractivity contribution in [3.05, 3.63) is 11.8 Å². The molecule has 0 atom stereocenters. The zero-order valence-corrected chi connectivity index (χ0v) is 8.20. The van der Waals surface area contributed by atoms with Gasteiger partial charge in [-0.25, -0.2) is 4.99 Å². The minimum absolute atomic E-state index is 0.0185. The highest BCUT2D eigenvalue weighted by atomic mass is 16.4. The summed E-state index contributed by atoms with van der Waals surface area (Å²) in [7, 11) is 0. The Balaban J connectivity index is 0.000000138. The Kier molecular flexibility index (Phi) is 2.67. The maximum absolute atomic E-state index is 10.8. The summed E-state index contributed by atoms with van der Waals surface area (Å²) in [6, 6.07) is 0. The zero-order valence-electron chi connectivity index (χ0n) is 8.20. The van der Waals surface area contributed by atoms with Crippen molar-refractivity contribution >= 4 is 24.1 Å². The maximum Gasteiger partial charge on any atom is 0.306 e. The third-order valence-electron chi connectivity index (χ3n) is 2.09. The number of carboxylic acids is 1. The van der Waals surface area contributed by atoms with Crippen molar-refractivity contribution in [3.63, 3.8) is 0 Å². The van der Waals surface area contributed by atoms with E-state index in [0.29, 0.717) is 11.4 Å². The van der Waals surface area contributed by atoms with Crippen molar-refractivity contribution in [2.24, 2.45) is 26.1 Å². The number of rotatable bonds is 1. The molecule has 16 heavy (non-hydrogen) atoms. The van der Waals surface area contributed by atoms with E-state index in [-0.39, 0.29) is 11.8 Å². The summed E-state index contributed by atoms with van der Waals surface area (Å²) in [6.07, 6.45) is 4.34. The molecule has 7 heteroatoms. The van der Waals surface area contributed by atoms with E-state index in [1.165, 1.54) is 12.5 Å². The van der Waals surface area contributed by atoms with Crippen molar-refractivity contribution < 1.29 is 14.7 Å². The van der Waals surface area contributed by atoms with Gasteiger partial charge in [-0.2, -0.15) is 10.1 Å². The van der Waals surface area contributed by atoms with E-state index >= 15 is 0 Å². The van der Waals surface area contributed by atoms with E-state index in [0.717, 1.165) is 12.8 Å². The molecule has 2 heterocycles. The molecule has 0 bridgehead atoms. The highest BCUT2D eigenvalue weighted by Gasteiger charge is 2.28. The van der Waals surface area contributed by atoms with Gasteiger partial charge in [0.2, 0.25) is 0 Å². The Bertz CT molecular complexity index is 451. The van der Waals surface area contributed by atoms with Gasteiger partial charge in [-0.15, -0.1) is 5.11 Å². The molecule has 0 saturated heterocycles. The second kappa shape index (κ2) is 4.13. The Morgan fingerprint density at radius 3 is 2.69 bits per heavy atom. The third-order valence-corrected chi connectivity index (χ3v) is 2.09. The highest BCUT2D eigenvalue weighted by Crippen LogP contribution is 2.28. The van der Waals surface area contributed by atoms with Crippen LogP contribution in [0.5, 0.6) is 0 Å². The lowest BCUT2D eigenvalue weighted by Gasteiger charge is -1.96. The molecule has 1 amide bonds. The minimum Gasteiger partial charge on any atom is -0.481 e. The van der Waals surface area contributed by atoms with Gasteiger partial charge in [-0.1, -0.05) is 0 Å². The monoisotopic (exact) mass is 220 g/mol. The second-order valence-corrected chi connectivity index (χ2v) is 3.37. The van der Waals surface area contributed by atoms with E-state index in [2.05, 4.69) is 20.2 Å². The van der Waals surface area contributed by atoms with Crippen molar-refractivity contribution in [2.75, 3.05) is 0 Å². The fourth-order valence-electron chi connectivity index (χ4n) is 1.03. The van der Waals surface area contributed by atoms with E-state index in [4.69, 9.17) is 5.11 Å². The zero-order chi connectivity index (χ0) is 11.5. The van der Waals surface area contributed by atoms with Crippen LogP contribution in [0.3, 0.4) is 0 Å². The molecule has 1 fully saturated rings. The first-order valence-electron chi connectivity index (χ1n) is 4.67. The van der Waals surface area contributed by atoms with Crippen LogP contribution >= 0.6 is 0 Å². The van der Waals surface area contributed by atoms with Crippen LogP contribution in [0.1, 0.15) is 12.8 Å². The second-order valence-electron chi connectivity index (χ2n) is 3.37.